The molecule has 6 nitrogen and oxygen atoms in total. The zero-order valence-electron chi connectivity index (χ0n) is 18.2. The second-order valence-electron chi connectivity index (χ2n) is 9.48. The lowest BCUT2D eigenvalue weighted by Crippen LogP contribution is -2.65. The fourth-order valence-electron chi connectivity index (χ4n) is 6.44. The van der Waals surface area contributed by atoms with E-state index >= 15 is 0 Å². The van der Waals surface area contributed by atoms with Crippen molar-refractivity contribution in [2.45, 2.75) is 76.8 Å². The van der Waals surface area contributed by atoms with Gasteiger partial charge in [-0.05, 0) is 69.9 Å². The van der Waals surface area contributed by atoms with Gasteiger partial charge in [-0.3, -0.25) is 14.5 Å². The molecule has 4 aliphatic rings. The molecule has 0 aromatic carbocycles. The molecule has 4 atom stereocenters. The van der Waals surface area contributed by atoms with Crippen molar-refractivity contribution in [3.63, 3.8) is 0 Å². The van der Waals surface area contributed by atoms with Gasteiger partial charge < -0.3 is 14.5 Å². The Bertz CT molecular complexity index is 576. The van der Waals surface area contributed by atoms with Crippen LogP contribution in [0.15, 0.2) is 0 Å². The van der Waals surface area contributed by atoms with Crippen LogP contribution in [-0.4, -0.2) is 84.5 Å². The summed E-state index contributed by atoms with van der Waals surface area (Å²) >= 11 is 0. The molecule has 0 saturated carbocycles. The topological polar surface area (TPSA) is 53.1 Å². The highest BCUT2D eigenvalue weighted by atomic mass is 16.5. The zero-order chi connectivity index (χ0) is 20.2. The normalized spacial score (nSPS) is 32.7. The molecule has 0 radical (unpaired) electrons. The van der Waals surface area contributed by atoms with Crippen molar-refractivity contribution in [1.82, 2.24) is 14.7 Å². The third kappa shape index (κ3) is 4.63. The summed E-state index contributed by atoms with van der Waals surface area (Å²) in [5, 5.41) is 0. The third-order valence-electron chi connectivity index (χ3n) is 7.71. The molecule has 4 saturated heterocycles. The van der Waals surface area contributed by atoms with Crippen molar-refractivity contribution in [3.8, 4) is 0 Å². The van der Waals surface area contributed by atoms with Crippen molar-refractivity contribution in [2.24, 2.45) is 11.8 Å². The number of carbonyl (C=O) groups excluding carboxylic acids is 2. The van der Waals surface area contributed by atoms with E-state index in [-0.39, 0.29) is 5.91 Å². The summed E-state index contributed by atoms with van der Waals surface area (Å²) in [4.78, 5) is 32.5. The largest absolute Gasteiger partial charge is 0.378 e. The maximum atomic E-state index is 13.0. The SMILES string of the molecule is CCCC(=O)N1C[C@@H]2CCCN3CCC[C@@H]([C@H]23)[C@H]1CCCC(=O)N1CCOCC1. The Balaban J connectivity index is 1.42. The van der Waals surface area contributed by atoms with E-state index in [0.29, 0.717) is 55.9 Å². The molecule has 4 heterocycles. The summed E-state index contributed by atoms with van der Waals surface area (Å²) in [5.74, 6) is 1.86. The summed E-state index contributed by atoms with van der Waals surface area (Å²) < 4.78 is 5.37. The molecule has 0 aromatic heterocycles. The molecule has 0 aliphatic carbocycles. The van der Waals surface area contributed by atoms with Crippen LogP contribution in [0.5, 0.6) is 0 Å². The number of nitrogens with zero attached hydrogens (tertiary/aromatic N) is 3. The Kier molecular flexibility index (Phi) is 7.12. The molecular weight excluding hydrogens is 366 g/mol. The van der Waals surface area contributed by atoms with E-state index in [1.807, 2.05) is 4.90 Å². The molecule has 4 rings (SSSR count). The number of carbonyl (C=O) groups is 2. The number of hydrogen-bond acceptors (Lipinski definition) is 4. The predicted octanol–water partition coefficient (Wildman–Crippen LogP) is 2.52. The van der Waals surface area contributed by atoms with Crippen LogP contribution in [0.1, 0.15) is 64.7 Å². The number of hydrogen-bond donors (Lipinski definition) is 0. The molecular formula is C23H39N3O3. The predicted molar refractivity (Wildman–Crippen MR) is 112 cm³/mol. The Labute approximate surface area is 175 Å². The van der Waals surface area contributed by atoms with Gasteiger partial charge in [-0.15, -0.1) is 0 Å². The van der Waals surface area contributed by atoms with E-state index in [1.54, 1.807) is 0 Å². The molecule has 0 aromatic rings. The smallest absolute Gasteiger partial charge is 0.222 e. The molecule has 4 fully saturated rings. The van der Waals surface area contributed by atoms with Crippen LogP contribution in [0.2, 0.25) is 0 Å². The van der Waals surface area contributed by atoms with Crippen LogP contribution in [0.25, 0.3) is 0 Å². The van der Waals surface area contributed by atoms with E-state index in [0.717, 1.165) is 38.9 Å². The first-order valence-corrected chi connectivity index (χ1v) is 12.1. The average Bonchev–Trinajstić information content (AvgIpc) is 2.76. The van der Waals surface area contributed by atoms with Gasteiger partial charge in [0.05, 0.1) is 13.2 Å². The summed E-state index contributed by atoms with van der Waals surface area (Å²) in [6, 6.07) is 0.997. The number of amides is 2. The molecule has 6 heteroatoms. The number of ether oxygens (including phenoxy) is 1. The minimum atomic E-state index is 0.261. The second kappa shape index (κ2) is 9.78. The molecule has 0 unspecified atom stereocenters. The van der Waals surface area contributed by atoms with Gasteiger partial charge in [-0.1, -0.05) is 6.92 Å². The van der Waals surface area contributed by atoms with E-state index < -0.39 is 0 Å². The highest BCUT2D eigenvalue weighted by molar-refractivity contribution is 5.77. The van der Waals surface area contributed by atoms with Gasteiger partial charge in [-0.25, -0.2) is 0 Å². The standard InChI is InChI=1S/C23H39N3O3/c1-2-6-22(28)26-17-18-7-4-11-25-12-5-8-19(23(18)25)20(26)9-3-10-21(27)24-13-15-29-16-14-24/h18-20,23H,2-17H2,1H3/t18-,19+,20+,23-/m0/s1. The average molecular weight is 406 g/mol. The summed E-state index contributed by atoms with van der Waals surface area (Å²) in [6.07, 6.45) is 9.12. The molecule has 0 bridgehead atoms. The van der Waals surface area contributed by atoms with Crippen molar-refractivity contribution in [3.05, 3.63) is 0 Å². The first kappa shape index (κ1) is 21.1. The fourth-order valence-corrected chi connectivity index (χ4v) is 6.44. The highest BCUT2D eigenvalue weighted by Crippen LogP contribution is 2.43. The molecule has 29 heavy (non-hydrogen) atoms. The summed E-state index contributed by atoms with van der Waals surface area (Å²) in [7, 11) is 0. The van der Waals surface area contributed by atoms with Crippen LogP contribution in [0.4, 0.5) is 0 Å². The van der Waals surface area contributed by atoms with Gasteiger partial charge in [0.2, 0.25) is 11.8 Å². The Morgan fingerprint density at radius 3 is 2.48 bits per heavy atom. The first-order valence-electron chi connectivity index (χ1n) is 12.1. The second-order valence-corrected chi connectivity index (χ2v) is 9.48. The quantitative estimate of drug-likeness (QED) is 0.681. The zero-order valence-corrected chi connectivity index (χ0v) is 18.2. The minimum absolute atomic E-state index is 0.261. The number of rotatable bonds is 6. The van der Waals surface area contributed by atoms with E-state index in [1.165, 1.54) is 38.8 Å². The number of piperidine rings is 3. The van der Waals surface area contributed by atoms with Crippen molar-refractivity contribution < 1.29 is 14.3 Å². The van der Waals surface area contributed by atoms with E-state index in [9.17, 15) is 9.59 Å². The van der Waals surface area contributed by atoms with Gasteiger partial charge in [0, 0.05) is 44.6 Å². The van der Waals surface area contributed by atoms with Crippen LogP contribution in [0, 0.1) is 11.8 Å². The minimum Gasteiger partial charge on any atom is -0.378 e. The summed E-state index contributed by atoms with van der Waals surface area (Å²) in [5.41, 5.74) is 0. The van der Waals surface area contributed by atoms with Crippen molar-refractivity contribution in [1.29, 1.82) is 0 Å². The van der Waals surface area contributed by atoms with Gasteiger partial charge in [0.15, 0.2) is 0 Å². The van der Waals surface area contributed by atoms with E-state index in [2.05, 4.69) is 16.7 Å². The Morgan fingerprint density at radius 2 is 1.72 bits per heavy atom. The van der Waals surface area contributed by atoms with Crippen LogP contribution < -0.4 is 0 Å². The van der Waals surface area contributed by atoms with Gasteiger partial charge in [-0.2, -0.15) is 0 Å². The molecule has 4 aliphatic heterocycles. The molecule has 0 spiro atoms. The Morgan fingerprint density at radius 1 is 0.966 bits per heavy atom. The van der Waals surface area contributed by atoms with Crippen molar-refractivity contribution >= 4 is 11.8 Å². The van der Waals surface area contributed by atoms with Crippen LogP contribution in [0.3, 0.4) is 0 Å². The summed E-state index contributed by atoms with van der Waals surface area (Å²) in [6.45, 7) is 8.30. The van der Waals surface area contributed by atoms with Gasteiger partial charge >= 0.3 is 0 Å². The highest BCUT2D eigenvalue weighted by Gasteiger charge is 2.49. The molecule has 0 N–H and O–H groups in total. The van der Waals surface area contributed by atoms with Crippen LogP contribution >= 0.6 is 0 Å². The molecule has 164 valence electrons. The number of morpholine rings is 1. The van der Waals surface area contributed by atoms with E-state index in [4.69, 9.17) is 4.74 Å². The number of likely N-dealkylation sites (tertiary alicyclic amines) is 1. The Hall–Kier alpha value is -1.14. The van der Waals surface area contributed by atoms with Crippen LogP contribution in [-0.2, 0) is 14.3 Å². The maximum absolute atomic E-state index is 13.0. The molecule has 2 amide bonds. The lowest BCUT2D eigenvalue weighted by atomic mass is 9.69. The fraction of sp³-hybridized carbons (Fsp3) is 0.913. The lowest BCUT2D eigenvalue weighted by molar-refractivity contribution is -0.146. The maximum Gasteiger partial charge on any atom is 0.222 e. The third-order valence-corrected chi connectivity index (χ3v) is 7.71. The lowest BCUT2D eigenvalue weighted by Gasteiger charge is -2.57. The monoisotopic (exact) mass is 405 g/mol. The first-order chi connectivity index (χ1) is 14.2. The van der Waals surface area contributed by atoms with Gasteiger partial charge in [0.1, 0.15) is 0 Å². The van der Waals surface area contributed by atoms with Gasteiger partial charge in [0.25, 0.3) is 0 Å². The van der Waals surface area contributed by atoms with Crippen molar-refractivity contribution in [2.75, 3.05) is 45.9 Å².